The van der Waals surface area contributed by atoms with Crippen LogP contribution in [-0.4, -0.2) is 24.0 Å². The smallest absolute Gasteiger partial charge is 0.307 e. The molecule has 0 aromatic heterocycles. The predicted molar refractivity (Wildman–Crippen MR) is 68.6 cm³/mol. The number of aliphatic carboxylic acids is 1. The summed E-state index contributed by atoms with van der Waals surface area (Å²) in [6.07, 6.45) is 0.462. The van der Waals surface area contributed by atoms with Gasteiger partial charge in [0.05, 0.1) is 11.8 Å². The van der Waals surface area contributed by atoms with Gasteiger partial charge in [-0.15, -0.1) is 0 Å². The lowest BCUT2D eigenvalue weighted by Gasteiger charge is -2.20. The fourth-order valence-corrected chi connectivity index (χ4v) is 2.29. The van der Waals surface area contributed by atoms with Gasteiger partial charge < -0.3 is 10.0 Å². The Morgan fingerprint density at radius 3 is 2.44 bits per heavy atom. The molecular formula is C14H17NO3. The molecule has 1 aromatic carbocycles. The van der Waals surface area contributed by atoms with Gasteiger partial charge in [0.25, 0.3) is 0 Å². The van der Waals surface area contributed by atoms with Crippen LogP contribution in [0.3, 0.4) is 0 Å². The maximum Gasteiger partial charge on any atom is 0.307 e. The van der Waals surface area contributed by atoms with E-state index in [1.54, 1.807) is 11.9 Å². The van der Waals surface area contributed by atoms with Gasteiger partial charge in [0.15, 0.2) is 0 Å². The lowest BCUT2D eigenvalue weighted by Crippen LogP contribution is -2.29. The highest BCUT2D eigenvalue weighted by Crippen LogP contribution is 2.40. The van der Waals surface area contributed by atoms with Gasteiger partial charge in [0.2, 0.25) is 5.91 Å². The van der Waals surface area contributed by atoms with Gasteiger partial charge in [-0.2, -0.15) is 0 Å². The molecule has 1 aliphatic rings. The van der Waals surface area contributed by atoms with E-state index in [1.165, 1.54) is 0 Å². The third-order valence-electron chi connectivity index (χ3n) is 3.47. The molecule has 1 aromatic rings. The van der Waals surface area contributed by atoms with Crippen LogP contribution in [0.15, 0.2) is 18.2 Å². The Balaban J connectivity index is 2.14. The van der Waals surface area contributed by atoms with Crippen LogP contribution in [0, 0.1) is 25.7 Å². The third kappa shape index (κ3) is 2.23. The molecule has 2 unspecified atom stereocenters. The van der Waals surface area contributed by atoms with Crippen molar-refractivity contribution in [1.82, 2.24) is 0 Å². The zero-order chi connectivity index (χ0) is 13.4. The standard InChI is InChI=1S/C14H17NO3/c1-8-4-5-12(9(2)6-8)15(3)13(16)10-7-11(10)14(17)18/h4-6,10-11H,7H2,1-3H3,(H,17,18). The Morgan fingerprint density at radius 1 is 1.28 bits per heavy atom. The number of aryl methyl sites for hydroxylation is 2. The van der Waals surface area contributed by atoms with E-state index >= 15 is 0 Å². The summed E-state index contributed by atoms with van der Waals surface area (Å²) in [7, 11) is 1.71. The molecule has 4 heteroatoms. The van der Waals surface area contributed by atoms with Crippen molar-refractivity contribution in [3.8, 4) is 0 Å². The number of hydrogen-bond donors (Lipinski definition) is 1. The number of hydrogen-bond acceptors (Lipinski definition) is 2. The second-order valence-corrected chi connectivity index (χ2v) is 4.97. The van der Waals surface area contributed by atoms with Crippen molar-refractivity contribution in [2.24, 2.45) is 11.8 Å². The molecule has 18 heavy (non-hydrogen) atoms. The van der Waals surface area contributed by atoms with Crippen LogP contribution >= 0.6 is 0 Å². The SMILES string of the molecule is Cc1ccc(N(C)C(=O)C2CC2C(=O)O)c(C)c1. The molecular weight excluding hydrogens is 230 g/mol. The lowest BCUT2D eigenvalue weighted by molar-refractivity contribution is -0.139. The monoisotopic (exact) mass is 247 g/mol. The van der Waals surface area contributed by atoms with Gasteiger partial charge in [-0.25, -0.2) is 0 Å². The van der Waals surface area contributed by atoms with E-state index in [9.17, 15) is 9.59 Å². The van der Waals surface area contributed by atoms with E-state index in [-0.39, 0.29) is 11.8 Å². The molecule has 0 radical (unpaired) electrons. The number of nitrogens with zero attached hydrogens (tertiary/aromatic N) is 1. The van der Waals surface area contributed by atoms with E-state index in [1.807, 2.05) is 32.0 Å². The van der Waals surface area contributed by atoms with Crippen molar-refractivity contribution < 1.29 is 14.7 Å². The predicted octanol–water partition coefficient (Wildman–Crippen LogP) is 1.99. The summed E-state index contributed by atoms with van der Waals surface area (Å²) in [4.78, 5) is 24.5. The average molecular weight is 247 g/mol. The number of amides is 1. The molecule has 1 N–H and O–H groups in total. The maximum atomic E-state index is 12.1. The normalized spacial score (nSPS) is 21.5. The Kier molecular flexibility index (Phi) is 3.11. The summed E-state index contributed by atoms with van der Waals surface area (Å²) < 4.78 is 0. The summed E-state index contributed by atoms with van der Waals surface area (Å²) in [6, 6.07) is 5.87. The van der Waals surface area contributed by atoms with Crippen LogP contribution in [0.25, 0.3) is 0 Å². The van der Waals surface area contributed by atoms with Crippen molar-refractivity contribution >= 4 is 17.6 Å². The van der Waals surface area contributed by atoms with Crippen molar-refractivity contribution in [2.45, 2.75) is 20.3 Å². The summed E-state index contributed by atoms with van der Waals surface area (Å²) >= 11 is 0. The first-order valence-electron chi connectivity index (χ1n) is 5.99. The van der Waals surface area contributed by atoms with Crippen LogP contribution in [0.2, 0.25) is 0 Å². The van der Waals surface area contributed by atoms with E-state index in [0.29, 0.717) is 6.42 Å². The van der Waals surface area contributed by atoms with Gasteiger partial charge in [-0.3, -0.25) is 9.59 Å². The Bertz CT molecular complexity index is 510. The van der Waals surface area contributed by atoms with E-state index < -0.39 is 11.9 Å². The Morgan fingerprint density at radius 2 is 1.94 bits per heavy atom. The topological polar surface area (TPSA) is 57.6 Å². The fraction of sp³-hybridized carbons (Fsp3) is 0.429. The summed E-state index contributed by atoms with van der Waals surface area (Å²) in [5.74, 6) is -1.82. The largest absolute Gasteiger partial charge is 0.481 e. The maximum absolute atomic E-state index is 12.1. The van der Waals surface area contributed by atoms with Gasteiger partial charge in [0, 0.05) is 12.7 Å². The molecule has 0 heterocycles. The summed E-state index contributed by atoms with van der Waals surface area (Å²) in [6.45, 7) is 3.95. The first-order valence-corrected chi connectivity index (χ1v) is 5.99. The van der Waals surface area contributed by atoms with E-state index in [4.69, 9.17) is 5.11 Å². The average Bonchev–Trinajstić information content (AvgIpc) is 3.07. The molecule has 0 bridgehead atoms. The van der Waals surface area contributed by atoms with Crippen LogP contribution in [-0.2, 0) is 9.59 Å². The molecule has 0 saturated heterocycles. The third-order valence-corrected chi connectivity index (χ3v) is 3.47. The number of rotatable bonds is 3. The fourth-order valence-electron chi connectivity index (χ4n) is 2.29. The zero-order valence-corrected chi connectivity index (χ0v) is 10.8. The first kappa shape index (κ1) is 12.6. The number of carboxylic acid groups (broad SMARTS) is 1. The number of carbonyl (C=O) groups is 2. The molecule has 96 valence electrons. The van der Waals surface area contributed by atoms with Gasteiger partial charge >= 0.3 is 5.97 Å². The van der Waals surface area contributed by atoms with Crippen molar-refractivity contribution in [1.29, 1.82) is 0 Å². The van der Waals surface area contributed by atoms with Crippen molar-refractivity contribution in [2.75, 3.05) is 11.9 Å². The molecule has 1 fully saturated rings. The molecule has 1 amide bonds. The highest BCUT2D eigenvalue weighted by atomic mass is 16.4. The Labute approximate surface area is 106 Å². The van der Waals surface area contributed by atoms with Crippen molar-refractivity contribution in [3.63, 3.8) is 0 Å². The molecule has 4 nitrogen and oxygen atoms in total. The molecule has 0 spiro atoms. The molecule has 1 aliphatic carbocycles. The summed E-state index contributed by atoms with van der Waals surface area (Å²) in [5, 5.41) is 8.85. The Hall–Kier alpha value is -1.84. The number of benzene rings is 1. The second-order valence-electron chi connectivity index (χ2n) is 4.97. The highest BCUT2D eigenvalue weighted by molar-refractivity contribution is 6.00. The number of carboxylic acids is 1. The van der Waals surface area contributed by atoms with Crippen LogP contribution < -0.4 is 4.90 Å². The second kappa shape index (κ2) is 4.44. The minimum Gasteiger partial charge on any atom is -0.481 e. The van der Waals surface area contributed by atoms with E-state index in [2.05, 4.69) is 0 Å². The molecule has 0 aliphatic heterocycles. The van der Waals surface area contributed by atoms with Crippen LogP contribution in [0.1, 0.15) is 17.5 Å². The molecule has 2 atom stereocenters. The van der Waals surface area contributed by atoms with Crippen LogP contribution in [0.5, 0.6) is 0 Å². The highest BCUT2D eigenvalue weighted by Gasteiger charge is 2.49. The summed E-state index contributed by atoms with van der Waals surface area (Å²) in [5.41, 5.74) is 3.02. The van der Waals surface area contributed by atoms with Crippen molar-refractivity contribution in [3.05, 3.63) is 29.3 Å². The van der Waals surface area contributed by atoms with Gasteiger partial charge in [-0.05, 0) is 31.9 Å². The zero-order valence-electron chi connectivity index (χ0n) is 10.8. The minimum absolute atomic E-state index is 0.102. The van der Waals surface area contributed by atoms with E-state index in [0.717, 1.165) is 16.8 Å². The molecule has 2 rings (SSSR count). The first-order chi connectivity index (χ1) is 8.41. The number of anilines is 1. The van der Waals surface area contributed by atoms with Gasteiger partial charge in [0.1, 0.15) is 0 Å². The van der Waals surface area contributed by atoms with Gasteiger partial charge in [-0.1, -0.05) is 17.7 Å². The quantitative estimate of drug-likeness (QED) is 0.888. The minimum atomic E-state index is -0.873. The van der Waals surface area contributed by atoms with Crippen LogP contribution in [0.4, 0.5) is 5.69 Å². The molecule has 1 saturated carbocycles. The number of carbonyl (C=O) groups excluding carboxylic acids is 1. The lowest BCUT2D eigenvalue weighted by atomic mass is 10.1.